The van der Waals surface area contributed by atoms with Crippen LogP contribution < -0.4 is 0 Å². The molecule has 1 atom stereocenters. The number of nitrogens with zero attached hydrogens (tertiary/aromatic N) is 2. The van der Waals surface area contributed by atoms with E-state index in [1.807, 2.05) is 14.0 Å². The Labute approximate surface area is 89.2 Å². The summed E-state index contributed by atoms with van der Waals surface area (Å²) in [5.74, 6) is 0.210. The zero-order valence-corrected chi connectivity index (χ0v) is 9.19. The van der Waals surface area contributed by atoms with E-state index in [2.05, 4.69) is 5.10 Å². The fourth-order valence-electron chi connectivity index (χ4n) is 1.91. The Balaban J connectivity index is 2.16. The largest absolute Gasteiger partial charge is 0.381 e. The molecular weight excluding hydrogens is 192 g/mol. The Hall–Kier alpha value is -1.16. The van der Waals surface area contributed by atoms with Gasteiger partial charge in [-0.25, -0.2) is 0 Å². The standard InChI is InChI=1S/C11H16N2O2/c1-8-10(6-12-13(8)2)11(14)9-4-3-5-15-7-9/h6,9H,3-5,7H2,1-2H3. The minimum absolute atomic E-state index is 0.0293. The third-order valence-corrected chi connectivity index (χ3v) is 3.03. The van der Waals surface area contributed by atoms with Crippen LogP contribution in [-0.2, 0) is 11.8 Å². The Morgan fingerprint density at radius 2 is 2.47 bits per heavy atom. The van der Waals surface area contributed by atoms with Crippen molar-refractivity contribution in [2.45, 2.75) is 19.8 Å². The summed E-state index contributed by atoms with van der Waals surface area (Å²) in [6, 6.07) is 0. The molecule has 1 aliphatic heterocycles. The van der Waals surface area contributed by atoms with Crippen LogP contribution in [0.4, 0.5) is 0 Å². The number of Topliss-reactive ketones (excluding diaryl/α,β-unsaturated/α-hetero) is 1. The van der Waals surface area contributed by atoms with Crippen LogP contribution in [0.15, 0.2) is 6.20 Å². The number of carbonyl (C=O) groups is 1. The van der Waals surface area contributed by atoms with Crippen LogP contribution in [0.25, 0.3) is 0 Å². The van der Waals surface area contributed by atoms with Gasteiger partial charge in [0.15, 0.2) is 5.78 Å². The molecule has 0 spiro atoms. The quantitative estimate of drug-likeness (QED) is 0.689. The Kier molecular flexibility index (Phi) is 2.86. The normalized spacial score (nSPS) is 21.6. The SMILES string of the molecule is Cc1c(C(=O)C2CCCOC2)cnn1C. The van der Waals surface area contributed by atoms with E-state index in [-0.39, 0.29) is 11.7 Å². The van der Waals surface area contributed by atoms with Gasteiger partial charge in [-0.3, -0.25) is 9.48 Å². The molecule has 2 rings (SSSR count). The lowest BCUT2D eigenvalue weighted by molar-refractivity contribution is 0.0461. The summed E-state index contributed by atoms with van der Waals surface area (Å²) in [6.45, 7) is 3.27. The van der Waals surface area contributed by atoms with Gasteiger partial charge in [-0.1, -0.05) is 0 Å². The maximum absolute atomic E-state index is 12.1. The zero-order valence-electron chi connectivity index (χ0n) is 9.19. The topological polar surface area (TPSA) is 44.1 Å². The summed E-state index contributed by atoms with van der Waals surface area (Å²) in [5.41, 5.74) is 1.68. The summed E-state index contributed by atoms with van der Waals surface area (Å²) in [7, 11) is 1.85. The number of carbonyl (C=O) groups excluding carboxylic acids is 1. The molecule has 4 nitrogen and oxygen atoms in total. The first kappa shape index (κ1) is 10.4. The molecular formula is C11H16N2O2. The monoisotopic (exact) mass is 208 g/mol. The van der Waals surface area contributed by atoms with E-state index < -0.39 is 0 Å². The second-order valence-electron chi connectivity index (χ2n) is 4.05. The van der Waals surface area contributed by atoms with Gasteiger partial charge in [-0.05, 0) is 19.8 Å². The highest BCUT2D eigenvalue weighted by Crippen LogP contribution is 2.20. The molecule has 0 N–H and O–H groups in total. The minimum Gasteiger partial charge on any atom is -0.381 e. The Morgan fingerprint density at radius 1 is 1.67 bits per heavy atom. The number of rotatable bonds is 2. The molecule has 1 unspecified atom stereocenters. The molecule has 0 saturated carbocycles. The van der Waals surface area contributed by atoms with E-state index in [1.165, 1.54) is 0 Å². The van der Waals surface area contributed by atoms with Crippen LogP contribution in [0.2, 0.25) is 0 Å². The summed E-state index contributed by atoms with van der Waals surface area (Å²) in [4.78, 5) is 12.1. The van der Waals surface area contributed by atoms with Crippen molar-refractivity contribution < 1.29 is 9.53 Å². The first-order valence-corrected chi connectivity index (χ1v) is 5.30. The van der Waals surface area contributed by atoms with E-state index in [9.17, 15) is 4.79 Å². The van der Waals surface area contributed by atoms with E-state index in [0.717, 1.165) is 30.7 Å². The van der Waals surface area contributed by atoms with Crippen molar-refractivity contribution in [2.24, 2.45) is 13.0 Å². The van der Waals surface area contributed by atoms with E-state index in [4.69, 9.17) is 4.74 Å². The second-order valence-corrected chi connectivity index (χ2v) is 4.05. The summed E-state index contributed by atoms with van der Waals surface area (Å²) < 4.78 is 7.06. The van der Waals surface area contributed by atoms with Crippen LogP contribution in [0.3, 0.4) is 0 Å². The zero-order chi connectivity index (χ0) is 10.8. The average molecular weight is 208 g/mol. The van der Waals surface area contributed by atoms with Crippen LogP contribution in [0.5, 0.6) is 0 Å². The molecule has 0 radical (unpaired) electrons. The third kappa shape index (κ3) is 1.95. The van der Waals surface area contributed by atoms with Crippen molar-refractivity contribution in [1.29, 1.82) is 0 Å². The predicted octanol–water partition coefficient (Wildman–Crippen LogP) is 1.34. The molecule has 4 heteroatoms. The molecule has 0 aromatic carbocycles. The number of aryl methyl sites for hydroxylation is 1. The molecule has 1 saturated heterocycles. The van der Waals surface area contributed by atoms with Gasteiger partial charge in [0.1, 0.15) is 0 Å². The number of ether oxygens (including phenoxy) is 1. The second kappa shape index (κ2) is 4.14. The molecule has 0 aliphatic carbocycles. The molecule has 1 aromatic heterocycles. The first-order chi connectivity index (χ1) is 7.20. The van der Waals surface area contributed by atoms with Gasteiger partial charge >= 0.3 is 0 Å². The van der Waals surface area contributed by atoms with Crippen molar-refractivity contribution in [3.63, 3.8) is 0 Å². The highest BCUT2D eigenvalue weighted by molar-refractivity contribution is 5.98. The first-order valence-electron chi connectivity index (χ1n) is 5.30. The van der Waals surface area contributed by atoms with Crippen molar-refractivity contribution in [2.75, 3.05) is 13.2 Å². The van der Waals surface area contributed by atoms with Gasteiger partial charge in [0.25, 0.3) is 0 Å². The minimum atomic E-state index is 0.0293. The lowest BCUT2D eigenvalue weighted by Gasteiger charge is -2.20. The molecule has 2 heterocycles. The predicted molar refractivity (Wildman–Crippen MR) is 55.8 cm³/mol. The summed E-state index contributed by atoms with van der Waals surface area (Å²) >= 11 is 0. The molecule has 15 heavy (non-hydrogen) atoms. The van der Waals surface area contributed by atoms with Gasteiger partial charge in [0.05, 0.1) is 18.4 Å². The Morgan fingerprint density at radius 3 is 3.00 bits per heavy atom. The average Bonchev–Trinajstić information content (AvgIpc) is 2.60. The van der Waals surface area contributed by atoms with Gasteiger partial charge < -0.3 is 4.74 Å². The van der Waals surface area contributed by atoms with Crippen LogP contribution in [0, 0.1) is 12.8 Å². The molecule has 0 amide bonds. The molecule has 82 valence electrons. The van der Waals surface area contributed by atoms with E-state index >= 15 is 0 Å². The highest BCUT2D eigenvalue weighted by atomic mass is 16.5. The van der Waals surface area contributed by atoms with Gasteiger partial charge in [-0.15, -0.1) is 0 Å². The van der Waals surface area contributed by atoms with Crippen LogP contribution in [-0.4, -0.2) is 28.8 Å². The Bertz CT molecular complexity index is 365. The summed E-state index contributed by atoms with van der Waals surface area (Å²) in [5, 5.41) is 4.09. The smallest absolute Gasteiger partial charge is 0.171 e. The van der Waals surface area contributed by atoms with Crippen molar-refractivity contribution in [3.8, 4) is 0 Å². The van der Waals surface area contributed by atoms with Crippen LogP contribution >= 0.6 is 0 Å². The molecule has 0 bridgehead atoms. The maximum Gasteiger partial charge on any atom is 0.171 e. The molecule has 1 aromatic rings. The number of hydrogen-bond acceptors (Lipinski definition) is 3. The number of ketones is 1. The molecule has 1 fully saturated rings. The van der Waals surface area contributed by atoms with Crippen molar-refractivity contribution in [1.82, 2.24) is 9.78 Å². The van der Waals surface area contributed by atoms with Crippen molar-refractivity contribution >= 4 is 5.78 Å². The summed E-state index contributed by atoms with van der Waals surface area (Å²) in [6.07, 6.45) is 3.58. The van der Waals surface area contributed by atoms with Gasteiger partial charge in [0, 0.05) is 25.3 Å². The third-order valence-electron chi connectivity index (χ3n) is 3.03. The molecule has 1 aliphatic rings. The number of hydrogen-bond donors (Lipinski definition) is 0. The van der Waals surface area contributed by atoms with E-state index in [1.54, 1.807) is 10.9 Å². The van der Waals surface area contributed by atoms with Crippen LogP contribution in [0.1, 0.15) is 28.9 Å². The highest BCUT2D eigenvalue weighted by Gasteiger charge is 2.25. The maximum atomic E-state index is 12.1. The number of aromatic nitrogens is 2. The fraction of sp³-hybridized carbons (Fsp3) is 0.636. The van der Waals surface area contributed by atoms with E-state index in [0.29, 0.717) is 6.61 Å². The lowest BCUT2D eigenvalue weighted by atomic mass is 9.93. The lowest BCUT2D eigenvalue weighted by Crippen LogP contribution is -2.25. The fourth-order valence-corrected chi connectivity index (χ4v) is 1.91. The van der Waals surface area contributed by atoms with Gasteiger partial charge in [0.2, 0.25) is 0 Å². The van der Waals surface area contributed by atoms with Crippen molar-refractivity contribution in [3.05, 3.63) is 17.5 Å². The van der Waals surface area contributed by atoms with Gasteiger partial charge in [-0.2, -0.15) is 5.10 Å².